The van der Waals surface area contributed by atoms with Crippen LogP contribution in [0, 0.1) is 0 Å². The predicted molar refractivity (Wildman–Crippen MR) is 63.1 cm³/mol. The van der Waals surface area contributed by atoms with Crippen LogP contribution in [-0.2, 0) is 4.79 Å². The summed E-state index contributed by atoms with van der Waals surface area (Å²) < 4.78 is 0. The third-order valence-electron chi connectivity index (χ3n) is 2.23. The van der Waals surface area contributed by atoms with E-state index in [0.717, 1.165) is 0 Å². The number of halogens is 1. The molecule has 1 aromatic carbocycles. The summed E-state index contributed by atoms with van der Waals surface area (Å²) >= 11 is 5.73. The molecule has 0 radical (unpaired) electrons. The maximum atomic E-state index is 10.8. The molecule has 1 rings (SSSR count). The summed E-state index contributed by atoms with van der Waals surface area (Å²) in [5.41, 5.74) is 0.716. The molecule has 0 saturated heterocycles. The van der Waals surface area contributed by atoms with Crippen molar-refractivity contribution in [3.8, 4) is 0 Å². The summed E-state index contributed by atoms with van der Waals surface area (Å²) in [7, 11) is -1.52. The van der Waals surface area contributed by atoms with Crippen LogP contribution in [0.4, 0.5) is 0 Å². The van der Waals surface area contributed by atoms with Gasteiger partial charge in [0.2, 0.25) is 5.91 Å². The first-order valence-corrected chi connectivity index (χ1v) is 5.24. The summed E-state index contributed by atoms with van der Waals surface area (Å²) in [6, 6.07) is 6.74. The molecule has 0 fully saturated rings. The van der Waals surface area contributed by atoms with Crippen LogP contribution in [-0.4, -0.2) is 29.6 Å². The van der Waals surface area contributed by atoms with Crippen molar-refractivity contribution < 1.29 is 14.8 Å². The topological polar surface area (TPSA) is 69.6 Å². The summed E-state index contributed by atoms with van der Waals surface area (Å²) in [5, 5.41) is 21.6. The van der Waals surface area contributed by atoms with Gasteiger partial charge in [-0.15, -0.1) is 0 Å². The Kier molecular flexibility index (Phi) is 4.80. The second-order valence-corrected chi connectivity index (χ2v) is 3.95. The van der Waals surface area contributed by atoms with Crippen molar-refractivity contribution in [2.45, 2.75) is 12.7 Å². The van der Waals surface area contributed by atoms with Crippen molar-refractivity contribution in [1.29, 1.82) is 0 Å². The molecule has 0 bridgehead atoms. The van der Waals surface area contributed by atoms with Gasteiger partial charge in [-0.25, -0.2) is 0 Å². The van der Waals surface area contributed by atoms with Crippen LogP contribution in [0.3, 0.4) is 0 Å². The summed E-state index contributed by atoms with van der Waals surface area (Å²) in [4.78, 5) is 10.8. The Morgan fingerprint density at radius 3 is 2.44 bits per heavy atom. The predicted octanol–water partition coefficient (Wildman–Crippen LogP) is 0.572. The SMILES string of the molecule is CC(=O)NCC(B(O)O)c1ccc(Cl)cc1. The number of carbonyl (C=O) groups excluding carboxylic acids is 1. The standard InChI is InChI=1S/C10H13BClNO3/c1-7(14)13-6-10(11(15)16)8-2-4-9(12)5-3-8/h2-5,10,15-16H,6H2,1H3,(H,13,14). The van der Waals surface area contributed by atoms with Crippen LogP contribution >= 0.6 is 11.6 Å². The number of carbonyl (C=O) groups is 1. The Morgan fingerprint density at radius 2 is 2.00 bits per heavy atom. The molecule has 1 aromatic rings. The van der Waals surface area contributed by atoms with Crippen LogP contribution in [0.25, 0.3) is 0 Å². The zero-order valence-corrected chi connectivity index (χ0v) is 9.61. The first-order valence-electron chi connectivity index (χ1n) is 4.86. The highest BCUT2D eigenvalue weighted by Crippen LogP contribution is 2.18. The fraction of sp³-hybridized carbons (Fsp3) is 0.300. The molecule has 16 heavy (non-hydrogen) atoms. The fourth-order valence-corrected chi connectivity index (χ4v) is 1.49. The minimum atomic E-state index is -1.52. The maximum Gasteiger partial charge on any atom is 0.461 e. The largest absolute Gasteiger partial charge is 0.461 e. The molecule has 0 spiro atoms. The van der Waals surface area contributed by atoms with Gasteiger partial charge in [-0.1, -0.05) is 23.7 Å². The molecule has 1 amide bonds. The first kappa shape index (κ1) is 13.0. The average Bonchev–Trinajstić information content (AvgIpc) is 2.20. The summed E-state index contributed by atoms with van der Waals surface area (Å²) in [6.07, 6.45) is 0. The smallest absolute Gasteiger partial charge is 0.427 e. The second-order valence-electron chi connectivity index (χ2n) is 3.51. The quantitative estimate of drug-likeness (QED) is 0.675. The average molecular weight is 241 g/mol. The van der Waals surface area contributed by atoms with Gasteiger partial charge < -0.3 is 15.4 Å². The highest BCUT2D eigenvalue weighted by Gasteiger charge is 2.25. The van der Waals surface area contributed by atoms with E-state index < -0.39 is 12.9 Å². The molecule has 0 aliphatic carbocycles. The van der Waals surface area contributed by atoms with Crippen molar-refractivity contribution in [3.63, 3.8) is 0 Å². The molecular weight excluding hydrogens is 228 g/mol. The summed E-state index contributed by atoms with van der Waals surface area (Å²) in [5.74, 6) is -0.763. The van der Waals surface area contributed by atoms with Gasteiger partial charge >= 0.3 is 7.12 Å². The van der Waals surface area contributed by atoms with E-state index in [1.807, 2.05) is 0 Å². The van der Waals surface area contributed by atoms with E-state index in [0.29, 0.717) is 10.6 Å². The number of hydrogen-bond acceptors (Lipinski definition) is 3. The Hall–Kier alpha value is -1.04. The lowest BCUT2D eigenvalue weighted by molar-refractivity contribution is -0.118. The number of hydrogen-bond donors (Lipinski definition) is 3. The van der Waals surface area contributed by atoms with Crippen molar-refractivity contribution in [2.24, 2.45) is 0 Å². The highest BCUT2D eigenvalue weighted by molar-refractivity contribution is 6.43. The molecule has 6 heteroatoms. The van der Waals surface area contributed by atoms with Gasteiger partial charge in [0.15, 0.2) is 0 Å². The van der Waals surface area contributed by atoms with E-state index in [4.69, 9.17) is 11.6 Å². The molecule has 4 nitrogen and oxygen atoms in total. The van der Waals surface area contributed by atoms with E-state index in [9.17, 15) is 14.8 Å². The van der Waals surface area contributed by atoms with E-state index in [2.05, 4.69) is 5.32 Å². The molecule has 0 aliphatic heterocycles. The number of rotatable bonds is 4. The maximum absolute atomic E-state index is 10.8. The van der Waals surface area contributed by atoms with Crippen molar-refractivity contribution in [3.05, 3.63) is 34.9 Å². The zero-order chi connectivity index (χ0) is 12.1. The van der Waals surface area contributed by atoms with Gasteiger partial charge in [0.05, 0.1) is 0 Å². The number of nitrogens with one attached hydrogen (secondary N) is 1. The van der Waals surface area contributed by atoms with Crippen molar-refractivity contribution >= 4 is 24.6 Å². The minimum Gasteiger partial charge on any atom is -0.427 e. The van der Waals surface area contributed by atoms with E-state index in [1.165, 1.54) is 6.92 Å². The van der Waals surface area contributed by atoms with Gasteiger partial charge in [-0.2, -0.15) is 0 Å². The van der Waals surface area contributed by atoms with Crippen molar-refractivity contribution in [1.82, 2.24) is 5.32 Å². The molecule has 1 atom stereocenters. The van der Waals surface area contributed by atoms with E-state index in [-0.39, 0.29) is 12.5 Å². The third kappa shape index (κ3) is 3.85. The van der Waals surface area contributed by atoms with Crippen LogP contribution in [0.2, 0.25) is 5.02 Å². The molecule has 0 aromatic heterocycles. The minimum absolute atomic E-state index is 0.175. The van der Waals surface area contributed by atoms with Crippen LogP contribution in [0.1, 0.15) is 18.3 Å². The number of amides is 1. The van der Waals surface area contributed by atoms with E-state index in [1.54, 1.807) is 24.3 Å². The van der Waals surface area contributed by atoms with Gasteiger partial charge in [-0.3, -0.25) is 4.79 Å². The monoisotopic (exact) mass is 241 g/mol. The lowest BCUT2D eigenvalue weighted by Gasteiger charge is -2.16. The zero-order valence-electron chi connectivity index (χ0n) is 8.85. The van der Waals surface area contributed by atoms with Crippen LogP contribution in [0.5, 0.6) is 0 Å². The first-order chi connectivity index (χ1) is 7.50. The molecule has 0 heterocycles. The number of benzene rings is 1. The lowest BCUT2D eigenvalue weighted by atomic mass is 9.69. The Morgan fingerprint density at radius 1 is 1.44 bits per heavy atom. The third-order valence-corrected chi connectivity index (χ3v) is 2.48. The molecular formula is C10H13BClNO3. The molecule has 0 saturated carbocycles. The van der Waals surface area contributed by atoms with Gasteiger partial charge in [0.1, 0.15) is 0 Å². The molecule has 86 valence electrons. The normalized spacial score (nSPS) is 12.0. The van der Waals surface area contributed by atoms with Gasteiger partial charge in [0.25, 0.3) is 0 Å². The van der Waals surface area contributed by atoms with Gasteiger partial charge in [-0.05, 0) is 17.7 Å². The molecule has 3 N–H and O–H groups in total. The van der Waals surface area contributed by atoms with E-state index >= 15 is 0 Å². The summed E-state index contributed by atoms with van der Waals surface area (Å²) in [6.45, 7) is 1.55. The van der Waals surface area contributed by atoms with Crippen LogP contribution in [0.15, 0.2) is 24.3 Å². The molecule has 1 unspecified atom stereocenters. The second kappa shape index (κ2) is 5.89. The Balaban J connectivity index is 2.77. The lowest BCUT2D eigenvalue weighted by Crippen LogP contribution is -2.35. The van der Waals surface area contributed by atoms with Gasteiger partial charge in [0, 0.05) is 24.3 Å². The Bertz CT molecular complexity index is 356. The Labute approximate surface area is 99.4 Å². The molecule has 0 aliphatic rings. The highest BCUT2D eigenvalue weighted by atomic mass is 35.5. The van der Waals surface area contributed by atoms with Crippen LogP contribution < -0.4 is 5.32 Å². The fourth-order valence-electron chi connectivity index (χ4n) is 1.36. The van der Waals surface area contributed by atoms with Crippen molar-refractivity contribution in [2.75, 3.05) is 6.54 Å².